The van der Waals surface area contributed by atoms with Crippen LogP contribution in [-0.4, -0.2) is 29.5 Å². The number of amides is 1. The summed E-state index contributed by atoms with van der Waals surface area (Å²) in [6, 6.07) is 0. The summed E-state index contributed by atoms with van der Waals surface area (Å²) in [5.41, 5.74) is 0. The van der Waals surface area contributed by atoms with Crippen molar-refractivity contribution in [2.24, 2.45) is 0 Å². The van der Waals surface area contributed by atoms with Gasteiger partial charge in [0.2, 0.25) is 0 Å². The van der Waals surface area contributed by atoms with E-state index in [2.05, 4.69) is 0 Å². The van der Waals surface area contributed by atoms with E-state index in [0.717, 1.165) is 0 Å². The van der Waals surface area contributed by atoms with Gasteiger partial charge >= 0.3 is 6.09 Å². The minimum Gasteiger partial charge on any atom is -0.465 e. The smallest absolute Gasteiger partial charge is 0.404 e. The summed E-state index contributed by atoms with van der Waals surface area (Å²) >= 11 is 0. The van der Waals surface area contributed by atoms with Gasteiger partial charge in [0, 0.05) is 23.6 Å². The minimum atomic E-state index is -1.10. The van der Waals surface area contributed by atoms with Crippen LogP contribution in [0.5, 0.6) is 0 Å². The van der Waals surface area contributed by atoms with E-state index in [1.54, 1.807) is 0 Å². The molecule has 0 aromatic carbocycles. The van der Waals surface area contributed by atoms with Crippen molar-refractivity contribution in [3.8, 4) is 0 Å². The van der Waals surface area contributed by atoms with Gasteiger partial charge in [0.25, 0.3) is 0 Å². The molecule has 0 aromatic rings. The van der Waals surface area contributed by atoms with Crippen molar-refractivity contribution in [3.63, 3.8) is 0 Å². The number of rotatable bonds is 2. The Labute approximate surface area is 57.4 Å². The molecule has 0 spiro atoms. The molecule has 0 unspecified atom stereocenters. The van der Waals surface area contributed by atoms with Crippen LogP contribution in [0.1, 0.15) is 0 Å². The molecular formula is C3H7CuNO3. The van der Waals surface area contributed by atoms with Gasteiger partial charge in [0.1, 0.15) is 0 Å². The molecule has 0 heterocycles. The zero-order valence-electron chi connectivity index (χ0n) is 4.02. The molecule has 0 saturated heterocycles. The van der Waals surface area contributed by atoms with E-state index in [1.165, 1.54) is 0 Å². The quantitative estimate of drug-likeness (QED) is 0.475. The van der Waals surface area contributed by atoms with E-state index in [4.69, 9.17) is 10.2 Å². The van der Waals surface area contributed by atoms with Crippen molar-refractivity contribution in [1.29, 1.82) is 0 Å². The van der Waals surface area contributed by atoms with E-state index < -0.39 is 6.09 Å². The maximum atomic E-state index is 9.54. The van der Waals surface area contributed by atoms with Crippen LogP contribution in [0.4, 0.5) is 4.79 Å². The van der Waals surface area contributed by atoms with E-state index in [1.807, 2.05) is 5.32 Å². The summed E-state index contributed by atoms with van der Waals surface area (Å²) in [4.78, 5) is 9.54. The Kier molecular flexibility index (Phi) is 9.01. The zero-order valence-corrected chi connectivity index (χ0v) is 4.96. The number of aliphatic hydroxyl groups excluding tert-OH is 1. The predicted molar refractivity (Wildman–Crippen MR) is 23.1 cm³/mol. The second-order valence-corrected chi connectivity index (χ2v) is 0.956. The second-order valence-electron chi connectivity index (χ2n) is 0.956. The van der Waals surface area contributed by atoms with Crippen LogP contribution in [0.2, 0.25) is 0 Å². The monoisotopic (exact) mass is 168 g/mol. The van der Waals surface area contributed by atoms with Crippen LogP contribution < -0.4 is 5.32 Å². The molecule has 0 aliphatic heterocycles. The van der Waals surface area contributed by atoms with Crippen LogP contribution in [0.3, 0.4) is 0 Å². The van der Waals surface area contributed by atoms with Gasteiger partial charge in [0.15, 0.2) is 0 Å². The third kappa shape index (κ3) is 9.23. The molecule has 4 nitrogen and oxygen atoms in total. The summed E-state index contributed by atoms with van der Waals surface area (Å²) in [6.07, 6.45) is -1.10. The van der Waals surface area contributed by atoms with Crippen LogP contribution in [0.15, 0.2) is 0 Å². The summed E-state index contributed by atoms with van der Waals surface area (Å²) in [7, 11) is 0. The average molecular weight is 169 g/mol. The average Bonchev–Trinajstić information content (AvgIpc) is 1.61. The number of hydrogen-bond donors (Lipinski definition) is 3. The van der Waals surface area contributed by atoms with Crippen molar-refractivity contribution in [1.82, 2.24) is 5.32 Å². The predicted octanol–water partition coefficient (Wildman–Crippen LogP) is -0.756. The van der Waals surface area contributed by atoms with Crippen LogP contribution >= 0.6 is 0 Å². The van der Waals surface area contributed by atoms with Crippen molar-refractivity contribution < 1.29 is 32.1 Å². The Balaban J connectivity index is 0. The molecule has 0 rings (SSSR count). The second kappa shape index (κ2) is 6.75. The fourth-order valence-corrected chi connectivity index (χ4v) is 0.163. The summed E-state index contributed by atoms with van der Waals surface area (Å²) in [5.74, 6) is 0. The molecule has 0 bridgehead atoms. The molecule has 0 aliphatic carbocycles. The number of nitrogens with one attached hydrogen (secondary N) is 1. The standard InChI is InChI=1S/C3H7NO3.Cu/c5-2-1-4-3(6)7;/h4-5H,1-2H2,(H,6,7);. The fraction of sp³-hybridized carbons (Fsp3) is 0.667. The Morgan fingerprint density at radius 1 is 1.62 bits per heavy atom. The van der Waals surface area contributed by atoms with Gasteiger partial charge in [-0.25, -0.2) is 4.79 Å². The first-order chi connectivity index (χ1) is 3.27. The van der Waals surface area contributed by atoms with Gasteiger partial charge in [-0.05, 0) is 0 Å². The fourth-order valence-electron chi connectivity index (χ4n) is 0.163. The van der Waals surface area contributed by atoms with Gasteiger partial charge in [0.05, 0.1) is 6.61 Å². The van der Waals surface area contributed by atoms with E-state index >= 15 is 0 Å². The van der Waals surface area contributed by atoms with E-state index in [9.17, 15) is 4.79 Å². The van der Waals surface area contributed by atoms with Crippen molar-refractivity contribution >= 4 is 6.09 Å². The van der Waals surface area contributed by atoms with Crippen LogP contribution in [0.25, 0.3) is 0 Å². The number of carboxylic acid groups (broad SMARTS) is 1. The molecule has 8 heavy (non-hydrogen) atoms. The normalized spacial score (nSPS) is 7.12. The first kappa shape index (κ1) is 10.7. The first-order valence-corrected chi connectivity index (χ1v) is 1.85. The van der Waals surface area contributed by atoms with Crippen molar-refractivity contribution in [2.75, 3.05) is 13.2 Å². The van der Waals surface area contributed by atoms with Crippen LogP contribution in [-0.2, 0) is 17.1 Å². The largest absolute Gasteiger partial charge is 0.465 e. The summed E-state index contributed by atoms with van der Waals surface area (Å²) in [5, 5.41) is 17.8. The Hall–Kier alpha value is -0.251. The molecular weight excluding hydrogens is 162 g/mol. The molecule has 1 amide bonds. The number of hydrogen-bond acceptors (Lipinski definition) is 2. The first-order valence-electron chi connectivity index (χ1n) is 1.85. The van der Waals surface area contributed by atoms with Gasteiger partial charge in [-0.15, -0.1) is 0 Å². The molecule has 3 N–H and O–H groups in total. The Morgan fingerprint density at radius 3 is 2.25 bits per heavy atom. The summed E-state index contributed by atoms with van der Waals surface area (Å²) in [6.45, 7) is -0.0400. The maximum absolute atomic E-state index is 9.54. The van der Waals surface area contributed by atoms with Gasteiger partial charge in [-0.1, -0.05) is 0 Å². The molecule has 0 atom stereocenters. The number of aliphatic hydroxyl groups is 1. The summed E-state index contributed by atoms with van der Waals surface area (Å²) < 4.78 is 0. The maximum Gasteiger partial charge on any atom is 0.404 e. The molecule has 0 aromatic heterocycles. The third-order valence-electron chi connectivity index (χ3n) is 0.388. The van der Waals surface area contributed by atoms with E-state index in [-0.39, 0.29) is 30.2 Å². The van der Waals surface area contributed by atoms with Gasteiger partial charge < -0.3 is 15.5 Å². The molecule has 5 heteroatoms. The number of carbonyl (C=O) groups is 1. The van der Waals surface area contributed by atoms with Crippen LogP contribution in [0, 0.1) is 0 Å². The van der Waals surface area contributed by atoms with Crippen molar-refractivity contribution in [2.45, 2.75) is 0 Å². The zero-order chi connectivity index (χ0) is 5.70. The van der Waals surface area contributed by atoms with Crippen molar-refractivity contribution in [3.05, 3.63) is 0 Å². The minimum absolute atomic E-state index is 0. The Bertz CT molecular complexity index is 67.5. The topological polar surface area (TPSA) is 69.6 Å². The van der Waals surface area contributed by atoms with E-state index in [0.29, 0.717) is 0 Å². The van der Waals surface area contributed by atoms with Gasteiger partial charge in [-0.3, -0.25) is 0 Å². The molecule has 0 aliphatic rings. The third-order valence-corrected chi connectivity index (χ3v) is 0.388. The Morgan fingerprint density at radius 2 is 2.12 bits per heavy atom. The molecule has 53 valence electrons. The molecule has 0 saturated carbocycles. The molecule has 1 radical (unpaired) electrons. The molecule has 0 fully saturated rings. The SMILES string of the molecule is O=C(O)NCCO.[Cu]. The van der Waals surface area contributed by atoms with Gasteiger partial charge in [-0.2, -0.15) is 0 Å².